The van der Waals surface area contributed by atoms with Crippen LogP contribution in [-0.2, 0) is 52.2 Å². The zero-order valence-corrected chi connectivity index (χ0v) is 49.7. The number of aliphatic hydroxyl groups excluding tert-OH is 14. The van der Waals surface area contributed by atoms with Crippen LogP contribution in [0, 0.1) is 50.2 Å². The van der Waals surface area contributed by atoms with Crippen LogP contribution in [0.25, 0.3) is 0 Å². The molecule has 9 fully saturated rings. The van der Waals surface area contributed by atoms with Crippen molar-refractivity contribution in [1.29, 1.82) is 0 Å². The van der Waals surface area contributed by atoms with E-state index < -0.39 is 177 Å². The minimum atomic E-state index is -1.88. The molecule has 0 radical (unpaired) electrons. The van der Waals surface area contributed by atoms with Crippen LogP contribution in [0.1, 0.15) is 127 Å². The lowest BCUT2D eigenvalue weighted by molar-refractivity contribution is -0.364. The Bertz CT molecular complexity index is 2340. The predicted octanol–water partition coefficient (Wildman–Crippen LogP) is -1.52. The van der Waals surface area contributed by atoms with Gasteiger partial charge < -0.3 is 119 Å². The van der Waals surface area contributed by atoms with Crippen molar-refractivity contribution in [1.82, 2.24) is 0 Å². The summed E-state index contributed by atoms with van der Waals surface area (Å²) in [6.45, 7) is 17.3. The second kappa shape index (κ2) is 23.8. The van der Waals surface area contributed by atoms with Crippen molar-refractivity contribution in [2.24, 2.45) is 50.2 Å². The van der Waals surface area contributed by atoms with Crippen molar-refractivity contribution in [2.45, 2.75) is 280 Å². The van der Waals surface area contributed by atoms with E-state index in [1.165, 1.54) is 19.4 Å². The molecule has 0 aromatic heterocycles. The molecule has 5 aliphatic carbocycles. The molecule has 84 heavy (non-hydrogen) atoms. The molecule has 0 bridgehead atoms. The third-order valence-corrected chi connectivity index (χ3v) is 23.0. The van der Waals surface area contributed by atoms with Crippen LogP contribution >= 0.6 is 0 Å². The molecule has 5 saturated heterocycles. The van der Waals surface area contributed by atoms with Crippen LogP contribution in [0.3, 0.4) is 0 Å². The number of rotatable bonds is 12. The summed E-state index contributed by atoms with van der Waals surface area (Å²) in [4.78, 5) is 15.2. The fraction of sp³-hybridized carbons (Fsp3) is 0.949. The lowest BCUT2D eigenvalue weighted by Crippen LogP contribution is -2.66. The molecule has 0 aromatic rings. The molecule has 4 saturated carbocycles. The SMILES string of the molecule is C[C@@H]1O[C@@H](O[C@H]2[C@H](O)[C@@H](O)[C@H](OC[C@H]3O[C@@H](OC(=O)[C@]45CCC(C)(C)CC4C4=CCC6[C@@]7(C)CC[C@H](O[C@@H]8OC[C@@H](O)[C@H](O)[C@H]8O[C@@H]8O[C@@H](C)[C@@H](O)[C@@H](O)[C@H]8O)C(C)(C)C7CC[C@@]6(C)C4(C)CC5)[C@H](O)[C@@H](O)[C@@H]3O)O[C@@H]2CO)[C@H](O)[C@H](O)[C@H]1O. The Labute approximate surface area is 490 Å². The number of esters is 1. The second-order valence-corrected chi connectivity index (χ2v) is 28.6. The van der Waals surface area contributed by atoms with Gasteiger partial charge in [-0.2, -0.15) is 0 Å². The van der Waals surface area contributed by atoms with Gasteiger partial charge >= 0.3 is 5.97 Å². The van der Waals surface area contributed by atoms with Crippen LogP contribution in [-0.4, -0.2) is 251 Å². The molecule has 482 valence electrons. The zero-order chi connectivity index (χ0) is 61.3. The lowest BCUT2D eigenvalue weighted by atomic mass is 9.33. The lowest BCUT2D eigenvalue weighted by Gasteiger charge is -2.71. The number of carbonyl (C=O) groups is 1. The van der Waals surface area contributed by atoms with E-state index in [2.05, 4.69) is 54.5 Å². The van der Waals surface area contributed by atoms with Gasteiger partial charge in [0.15, 0.2) is 25.2 Å². The third kappa shape index (κ3) is 10.9. The van der Waals surface area contributed by atoms with Gasteiger partial charge in [0, 0.05) is 0 Å². The Morgan fingerprint density at radius 3 is 1.76 bits per heavy atom. The normalized spacial score (nSPS) is 54.6. The van der Waals surface area contributed by atoms with E-state index >= 15 is 4.79 Å². The molecule has 25 nitrogen and oxygen atoms in total. The number of ether oxygens (including phenoxy) is 10. The molecule has 5 aliphatic heterocycles. The van der Waals surface area contributed by atoms with Crippen molar-refractivity contribution >= 4 is 5.97 Å². The zero-order valence-electron chi connectivity index (χ0n) is 49.7. The van der Waals surface area contributed by atoms with Crippen molar-refractivity contribution in [3.63, 3.8) is 0 Å². The predicted molar refractivity (Wildman–Crippen MR) is 287 cm³/mol. The summed E-state index contributed by atoms with van der Waals surface area (Å²) in [5.74, 6) is -0.449. The summed E-state index contributed by atoms with van der Waals surface area (Å²) < 4.78 is 59.6. The molecule has 4 unspecified atom stereocenters. The van der Waals surface area contributed by atoms with Gasteiger partial charge in [0.2, 0.25) is 6.29 Å². The second-order valence-electron chi connectivity index (χ2n) is 28.6. The van der Waals surface area contributed by atoms with Crippen molar-refractivity contribution in [3.8, 4) is 0 Å². The quantitative estimate of drug-likeness (QED) is 0.0600. The Morgan fingerprint density at radius 2 is 1.13 bits per heavy atom. The number of allylic oxidation sites excluding steroid dienone is 2. The molecule has 32 atom stereocenters. The molecule has 25 heteroatoms. The summed E-state index contributed by atoms with van der Waals surface area (Å²) in [6.07, 6.45) is -27.9. The molecular formula is C59H96O25. The Kier molecular flexibility index (Phi) is 18.5. The van der Waals surface area contributed by atoms with Crippen LogP contribution < -0.4 is 0 Å². The molecule has 0 aromatic carbocycles. The van der Waals surface area contributed by atoms with Crippen LogP contribution in [0.15, 0.2) is 11.6 Å². The van der Waals surface area contributed by atoms with Gasteiger partial charge in [0.25, 0.3) is 0 Å². The van der Waals surface area contributed by atoms with Gasteiger partial charge in [-0.15, -0.1) is 0 Å². The molecule has 14 N–H and O–H groups in total. The summed E-state index contributed by atoms with van der Waals surface area (Å²) in [5, 5.41) is 151. The highest BCUT2D eigenvalue weighted by atomic mass is 16.8. The number of aliphatic hydroxyl groups is 14. The standard InChI is InChI=1S/C59H96O25/c1-24-34(62)38(66)42(70)49(77-24)82-46-29(21-60)79-48(45(73)41(46)69)76-23-30-37(65)40(68)44(72)51(80-30)84-53(74)59-18-16-54(3,4)20-27(59)26-10-11-32-56(7)14-13-33(55(5,6)31(56)12-15-58(32,9)57(26,8)17-19-59)81-52-47(36(64)28(61)22-75-52)83-50-43(71)39(67)35(63)25(2)78-50/h10,24-25,27-52,60-73H,11-23H2,1-9H3/t24-,25-,27?,28+,29+,30+,31?,32?,33-,34-,35+,36-,37+,38+,39+,40-,41+,42+,43+,44+,45+,46+,47+,48+,49-,50-,51-,52-,56-,57?,58+,59-/m0/s1. The van der Waals surface area contributed by atoms with Gasteiger partial charge in [-0.25, -0.2) is 0 Å². The first-order valence-electron chi connectivity index (χ1n) is 30.5. The van der Waals surface area contributed by atoms with Crippen molar-refractivity contribution in [3.05, 3.63) is 11.6 Å². The van der Waals surface area contributed by atoms with Gasteiger partial charge in [-0.3, -0.25) is 4.79 Å². The molecule has 10 aliphatic rings. The minimum Gasteiger partial charge on any atom is -0.432 e. The van der Waals surface area contributed by atoms with E-state index in [4.69, 9.17) is 47.4 Å². The summed E-state index contributed by atoms with van der Waals surface area (Å²) in [6, 6.07) is 0. The monoisotopic (exact) mass is 1200 g/mol. The highest BCUT2D eigenvalue weighted by molar-refractivity contribution is 5.79. The first-order valence-corrected chi connectivity index (χ1v) is 30.5. The highest BCUT2D eigenvalue weighted by Crippen LogP contribution is 2.76. The maximum absolute atomic E-state index is 15.2. The highest BCUT2D eigenvalue weighted by Gasteiger charge is 2.70. The fourth-order valence-corrected chi connectivity index (χ4v) is 17.5. The molecular weight excluding hydrogens is 1110 g/mol. The van der Waals surface area contributed by atoms with Gasteiger partial charge in [-0.05, 0) is 123 Å². The largest absolute Gasteiger partial charge is 0.432 e. The summed E-state index contributed by atoms with van der Waals surface area (Å²) >= 11 is 0. The smallest absolute Gasteiger partial charge is 0.315 e. The van der Waals surface area contributed by atoms with E-state index in [0.717, 1.165) is 25.7 Å². The van der Waals surface area contributed by atoms with Crippen LogP contribution in [0.2, 0.25) is 0 Å². The number of hydrogen-bond acceptors (Lipinski definition) is 25. The van der Waals surface area contributed by atoms with Crippen LogP contribution in [0.5, 0.6) is 0 Å². The van der Waals surface area contributed by atoms with E-state index in [-0.39, 0.29) is 52.1 Å². The molecule has 0 spiro atoms. The summed E-state index contributed by atoms with van der Waals surface area (Å²) in [7, 11) is 0. The van der Waals surface area contributed by atoms with Crippen LogP contribution in [0.4, 0.5) is 0 Å². The third-order valence-electron chi connectivity index (χ3n) is 23.0. The fourth-order valence-electron chi connectivity index (χ4n) is 17.5. The number of hydrogen-bond donors (Lipinski definition) is 14. The van der Waals surface area contributed by atoms with E-state index in [0.29, 0.717) is 38.5 Å². The topological polar surface area (TPSA) is 393 Å². The summed E-state index contributed by atoms with van der Waals surface area (Å²) in [5.41, 5.74) is -1.12. The molecule has 0 amide bonds. The van der Waals surface area contributed by atoms with Crippen molar-refractivity contribution in [2.75, 3.05) is 19.8 Å². The maximum Gasteiger partial charge on any atom is 0.315 e. The van der Waals surface area contributed by atoms with Gasteiger partial charge in [0.1, 0.15) is 104 Å². The first-order chi connectivity index (χ1) is 39.3. The Balaban J connectivity index is 0.824. The first kappa shape index (κ1) is 65.2. The van der Waals surface area contributed by atoms with E-state index in [9.17, 15) is 71.5 Å². The van der Waals surface area contributed by atoms with E-state index in [1.807, 2.05) is 0 Å². The number of carbonyl (C=O) groups excluding carboxylic acids is 1. The average Bonchev–Trinajstić information content (AvgIpc) is 0.691. The van der Waals surface area contributed by atoms with Gasteiger partial charge in [0.05, 0.1) is 43.5 Å². The Morgan fingerprint density at radius 1 is 0.560 bits per heavy atom. The average molecular weight is 1210 g/mol. The molecule has 5 heterocycles. The number of fused-ring (bicyclic) bond motifs is 7. The maximum atomic E-state index is 15.2. The minimum absolute atomic E-state index is 0.150. The molecule has 10 rings (SSSR count). The van der Waals surface area contributed by atoms with Gasteiger partial charge in [-0.1, -0.05) is 60.1 Å². The Hall–Kier alpha value is -1.71. The van der Waals surface area contributed by atoms with Crippen molar-refractivity contribution < 1.29 is 124 Å². The van der Waals surface area contributed by atoms with E-state index in [1.54, 1.807) is 0 Å².